The molecule has 12 heavy (non-hydrogen) atoms. The standard InChI is InChI=1S/C8H11ClN2O/c1-6-5-7(9)11-8(10-6)3-4-12-2/h5H,3-4H2,1-2H3. The summed E-state index contributed by atoms with van der Waals surface area (Å²) in [5.41, 5.74) is 0.890. The molecule has 66 valence electrons. The molecule has 4 heteroatoms. The molecule has 0 spiro atoms. The molecule has 0 atom stereocenters. The Balaban J connectivity index is 2.72. The highest BCUT2D eigenvalue weighted by molar-refractivity contribution is 6.29. The number of halogens is 1. The molecule has 0 amide bonds. The second kappa shape index (κ2) is 4.38. The van der Waals surface area contributed by atoms with E-state index in [2.05, 4.69) is 9.97 Å². The summed E-state index contributed by atoms with van der Waals surface area (Å²) >= 11 is 5.74. The van der Waals surface area contributed by atoms with Crippen LogP contribution < -0.4 is 0 Å². The lowest BCUT2D eigenvalue weighted by Crippen LogP contribution is -2.01. The maximum atomic E-state index is 5.74. The molecule has 3 nitrogen and oxygen atoms in total. The SMILES string of the molecule is COCCc1nc(C)cc(Cl)n1. The third-order valence-corrected chi connectivity index (χ3v) is 1.59. The van der Waals surface area contributed by atoms with Crippen LogP contribution in [0.2, 0.25) is 5.15 Å². The van der Waals surface area contributed by atoms with Gasteiger partial charge in [0.15, 0.2) is 0 Å². The van der Waals surface area contributed by atoms with Crippen LogP contribution in [-0.4, -0.2) is 23.7 Å². The van der Waals surface area contributed by atoms with Crippen molar-refractivity contribution < 1.29 is 4.74 Å². The first-order chi connectivity index (χ1) is 5.72. The van der Waals surface area contributed by atoms with Gasteiger partial charge in [0.1, 0.15) is 11.0 Å². The third kappa shape index (κ3) is 2.75. The van der Waals surface area contributed by atoms with Gasteiger partial charge in [0.25, 0.3) is 0 Å². The molecule has 0 aromatic carbocycles. The number of hydrogen-bond donors (Lipinski definition) is 0. The fraction of sp³-hybridized carbons (Fsp3) is 0.500. The predicted octanol–water partition coefficient (Wildman–Crippen LogP) is 1.63. The molecule has 0 bridgehead atoms. The first-order valence-electron chi connectivity index (χ1n) is 3.71. The molecule has 0 N–H and O–H groups in total. The van der Waals surface area contributed by atoms with E-state index in [1.807, 2.05) is 6.92 Å². The number of aryl methyl sites for hydroxylation is 1. The van der Waals surface area contributed by atoms with Crippen LogP contribution in [-0.2, 0) is 11.2 Å². The quantitative estimate of drug-likeness (QED) is 0.673. The lowest BCUT2D eigenvalue weighted by molar-refractivity contribution is 0.200. The maximum absolute atomic E-state index is 5.74. The van der Waals surface area contributed by atoms with Crippen LogP contribution in [0.1, 0.15) is 11.5 Å². The van der Waals surface area contributed by atoms with Gasteiger partial charge >= 0.3 is 0 Å². The molecular weight excluding hydrogens is 176 g/mol. The second-order valence-electron chi connectivity index (χ2n) is 2.49. The largest absolute Gasteiger partial charge is 0.384 e. The van der Waals surface area contributed by atoms with Gasteiger partial charge in [-0.15, -0.1) is 0 Å². The fourth-order valence-corrected chi connectivity index (χ4v) is 1.15. The van der Waals surface area contributed by atoms with Gasteiger partial charge in [0, 0.05) is 19.2 Å². The van der Waals surface area contributed by atoms with E-state index in [9.17, 15) is 0 Å². The molecule has 1 aromatic heterocycles. The lowest BCUT2D eigenvalue weighted by atomic mass is 10.4. The van der Waals surface area contributed by atoms with Crippen molar-refractivity contribution >= 4 is 11.6 Å². The summed E-state index contributed by atoms with van der Waals surface area (Å²) in [6, 6.07) is 1.73. The van der Waals surface area contributed by atoms with E-state index in [4.69, 9.17) is 16.3 Å². The van der Waals surface area contributed by atoms with Crippen LogP contribution in [0.5, 0.6) is 0 Å². The van der Waals surface area contributed by atoms with Crippen LogP contribution in [0, 0.1) is 6.92 Å². The third-order valence-electron chi connectivity index (χ3n) is 1.40. The molecule has 0 aliphatic carbocycles. The molecular formula is C8H11ClN2O. The summed E-state index contributed by atoms with van der Waals surface area (Å²) in [5, 5.41) is 0.494. The molecule has 0 saturated heterocycles. The Morgan fingerprint density at radius 3 is 2.83 bits per heavy atom. The number of rotatable bonds is 3. The van der Waals surface area contributed by atoms with Crippen LogP contribution in [0.4, 0.5) is 0 Å². The molecule has 0 aliphatic rings. The number of ether oxygens (including phenoxy) is 1. The fourth-order valence-electron chi connectivity index (χ4n) is 0.894. The van der Waals surface area contributed by atoms with Gasteiger partial charge in [-0.05, 0) is 13.0 Å². The molecule has 0 fully saturated rings. The Morgan fingerprint density at radius 2 is 2.25 bits per heavy atom. The van der Waals surface area contributed by atoms with Gasteiger partial charge in [-0.3, -0.25) is 0 Å². The van der Waals surface area contributed by atoms with Crippen molar-refractivity contribution in [3.05, 3.63) is 22.7 Å². The second-order valence-corrected chi connectivity index (χ2v) is 2.88. The van der Waals surface area contributed by atoms with Gasteiger partial charge in [-0.25, -0.2) is 9.97 Å². The molecule has 0 radical (unpaired) electrons. The summed E-state index contributed by atoms with van der Waals surface area (Å²) < 4.78 is 4.90. The number of aromatic nitrogens is 2. The van der Waals surface area contributed by atoms with E-state index in [1.165, 1.54) is 0 Å². The highest BCUT2D eigenvalue weighted by atomic mass is 35.5. The van der Waals surface area contributed by atoms with Crippen LogP contribution in [0.15, 0.2) is 6.07 Å². The van der Waals surface area contributed by atoms with E-state index in [0.717, 1.165) is 11.5 Å². The van der Waals surface area contributed by atoms with Crippen LogP contribution in [0.25, 0.3) is 0 Å². The predicted molar refractivity (Wildman–Crippen MR) is 47.4 cm³/mol. The van der Waals surface area contributed by atoms with Crippen molar-refractivity contribution in [3.8, 4) is 0 Å². The lowest BCUT2D eigenvalue weighted by Gasteiger charge is -2.00. The zero-order valence-electron chi connectivity index (χ0n) is 7.17. The van der Waals surface area contributed by atoms with E-state index in [-0.39, 0.29) is 0 Å². The Bertz CT molecular complexity index is 245. The molecule has 1 heterocycles. The zero-order chi connectivity index (χ0) is 8.97. The summed E-state index contributed by atoms with van der Waals surface area (Å²) in [6.45, 7) is 2.52. The Morgan fingerprint density at radius 1 is 1.50 bits per heavy atom. The molecule has 0 unspecified atom stereocenters. The Labute approximate surface area is 76.7 Å². The molecule has 0 saturated carbocycles. The first kappa shape index (κ1) is 9.42. The van der Waals surface area contributed by atoms with Crippen LogP contribution >= 0.6 is 11.6 Å². The van der Waals surface area contributed by atoms with Gasteiger partial charge in [-0.2, -0.15) is 0 Å². The van der Waals surface area contributed by atoms with Crippen molar-refractivity contribution in [1.82, 2.24) is 9.97 Å². The van der Waals surface area contributed by atoms with Crippen molar-refractivity contribution in [3.63, 3.8) is 0 Å². The van der Waals surface area contributed by atoms with Crippen LogP contribution in [0.3, 0.4) is 0 Å². The topological polar surface area (TPSA) is 35.0 Å². The highest BCUT2D eigenvalue weighted by Gasteiger charge is 1.99. The summed E-state index contributed by atoms with van der Waals surface area (Å²) in [6.07, 6.45) is 0.706. The van der Waals surface area contributed by atoms with Crippen molar-refractivity contribution in [2.75, 3.05) is 13.7 Å². The van der Waals surface area contributed by atoms with Gasteiger partial charge < -0.3 is 4.74 Å². The molecule has 1 aromatic rings. The van der Waals surface area contributed by atoms with Gasteiger partial charge in [-0.1, -0.05) is 11.6 Å². The summed E-state index contributed by atoms with van der Waals surface area (Å²) in [4.78, 5) is 8.24. The van der Waals surface area contributed by atoms with E-state index < -0.39 is 0 Å². The highest BCUT2D eigenvalue weighted by Crippen LogP contribution is 2.06. The molecule has 0 aliphatic heterocycles. The zero-order valence-corrected chi connectivity index (χ0v) is 7.93. The average Bonchev–Trinajstić information content (AvgIpc) is 1.99. The van der Waals surface area contributed by atoms with Crippen molar-refractivity contribution in [1.29, 1.82) is 0 Å². The van der Waals surface area contributed by atoms with E-state index in [0.29, 0.717) is 18.2 Å². The van der Waals surface area contributed by atoms with E-state index >= 15 is 0 Å². The number of nitrogens with zero attached hydrogens (tertiary/aromatic N) is 2. The Kier molecular flexibility index (Phi) is 3.44. The summed E-state index contributed by atoms with van der Waals surface area (Å²) in [7, 11) is 1.65. The smallest absolute Gasteiger partial charge is 0.133 e. The molecule has 1 rings (SSSR count). The minimum Gasteiger partial charge on any atom is -0.384 e. The first-order valence-corrected chi connectivity index (χ1v) is 4.09. The Hall–Kier alpha value is -0.670. The number of hydrogen-bond acceptors (Lipinski definition) is 3. The maximum Gasteiger partial charge on any atom is 0.133 e. The van der Waals surface area contributed by atoms with Gasteiger partial charge in [0.2, 0.25) is 0 Å². The van der Waals surface area contributed by atoms with E-state index in [1.54, 1.807) is 13.2 Å². The minimum absolute atomic E-state index is 0.494. The van der Waals surface area contributed by atoms with Crippen molar-refractivity contribution in [2.45, 2.75) is 13.3 Å². The average molecular weight is 187 g/mol. The monoisotopic (exact) mass is 186 g/mol. The van der Waals surface area contributed by atoms with Gasteiger partial charge in [0.05, 0.1) is 6.61 Å². The van der Waals surface area contributed by atoms with Crippen molar-refractivity contribution in [2.24, 2.45) is 0 Å². The minimum atomic E-state index is 0.494. The summed E-state index contributed by atoms with van der Waals surface area (Å²) in [5.74, 6) is 0.738. The normalized spacial score (nSPS) is 10.2. The number of methoxy groups -OCH3 is 1.